The van der Waals surface area contributed by atoms with Crippen molar-refractivity contribution in [2.75, 3.05) is 0 Å². The van der Waals surface area contributed by atoms with E-state index in [4.69, 9.17) is 23.8 Å². The van der Waals surface area contributed by atoms with Crippen molar-refractivity contribution in [2.24, 2.45) is 0 Å². The second-order valence-corrected chi connectivity index (χ2v) is 8.72. The molecule has 0 aliphatic carbocycles. The fourth-order valence-electron chi connectivity index (χ4n) is 2.79. The van der Waals surface area contributed by atoms with E-state index in [0.717, 1.165) is 5.56 Å². The van der Waals surface area contributed by atoms with Crippen molar-refractivity contribution in [1.82, 2.24) is 19.5 Å². The fraction of sp³-hybridized carbons (Fsp3) is 0.167. The highest BCUT2D eigenvalue weighted by Crippen LogP contribution is 2.22. The number of sulfonamides is 1. The van der Waals surface area contributed by atoms with E-state index in [1.165, 1.54) is 28.8 Å². The molecule has 2 aromatic carbocycles. The molecule has 152 valence electrons. The van der Waals surface area contributed by atoms with Crippen LogP contribution in [0.2, 0.25) is 5.02 Å². The van der Waals surface area contributed by atoms with Gasteiger partial charge in [-0.05, 0) is 48.5 Å². The molecule has 0 fully saturated rings. The summed E-state index contributed by atoms with van der Waals surface area (Å²) in [5.74, 6) is -0.943. The number of aromatic amines is 1. The van der Waals surface area contributed by atoms with Crippen LogP contribution in [-0.4, -0.2) is 34.3 Å². The average molecular weight is 453 g/mol. The van der Waals surface area contributed by atoms with Crippen molar-refractivity contribution in [3.05, 3.63) is 75.8 Å². The molecule has 0 bridgehead atoms. The summed E-state index contributed by atoms with van der Waals surface area (Å²) in [5.41, 5.74) is 0.840. The van der Waals surface area contributed by atoms with E-state index in [-0.39, 0.29) is 21.9 Å². The molecular formula is C18H17ClN4O4S2. The van der Waals surface area contributed by atoms with Crippen LogP contribution in [0.25, 0.3) is 0 Å². The number of hydrogen-bond donors (Lipinski definition) is 3. The Labute approximate surface area is 177 Å². The maximum absolute atomic E-state index is 12.9. The van der Waals surface area contributed by atoms with Crippen molar-refractivity contribution >= 4 is 39.8 Å². The number of rotatable bonds is 8. The zero-order valence-electron chi connectivity index (χ0n) is 14.9. The van der Waals surface area contributed by atoms with Crippen LogP contribution in [0.3, 0.4) is 0 Å². The normalized spacial score (nSPS) is 12.6. The minimum Gasteiger partial charge on any atom is -0.480 e. The molecule has 0 aliphatic rings. The summed E-state index contributed by atoms with van der Waals surface area (Å²) >= 11 is 11.0. The molecule has 1 aromatic heterocycles. The Morgan fingerprint density at radius 3 is 2.48 bits per heavy atom. The van der Waals surface area contributed by atoms with Crippen LogP contribution in [0.15, 0.2) is 59.5 Å². The Morgan fingerprint density at radius 1 is 1.21 bits per heavy atom. The topological polar surface area (TPSA) is 117 Å². The minimum absolute atomic E-state index is 0.0267. The van der Waals surface area contributed by atoms with E-state index in [1.807, 2.05) is 30.3 Å². The van der Waals surface area contributed by atoms with Gasteiger partial charge in [-0.1, -0.05) is 41.9 Å². The van der Waals surface area contributed by atoms with E-state index in [9.17, 15) is 18.3 Å². The van der Waals surface area contributed by atoms with E-state index in [1.54, 1.807) is 0 Å². The van der Waals surface area contributed by atoms with E-state index in [2.05, 4.69) is 14.9 Å². The molecule has 0 radical (unpaired) electrons. The van der Waals surface area contributed by atoms with Gasteiger partial charge in [-0.25, -0.2) is 13.1 Å². The molecule has 29 heavy (non-hydrogen) atoms. The highest BCUT2D eigenvalue weighted by molar-refractivity contribution is 7.89. The van der Waals surface area contributed by atoms with Gasteiger partial charge in [-0.2, -0.15) is 5.10 Å². The molecule has 3 aromatic rings. The number of benzene rings is 2. The molecule has 0 saturated heterocycles. The number of aromatic nitrogens is 3. The Bertz CT molecular complexity index is 1160. The van der Waals surface area contributed by atoms with Gasteiger partial charge in [0.05, 0.1) is 10.9 Å². The molecule has 8 nitrogen and oxygen atoms in total. The lowest BCUT2D eigenvalue weighted by Gasteiger charge is -2.19. The van der Waals surface area contributed by atoms with Gasteiger partial charge in [-0.15, -0.1) is 0 Å². The summed E-state index contributed by atoms with van der Waals surface area (Å²) in [6, 6.07) is 14.0. The second kappa shape index (κ2) is 8.87. The van der Waals surface area contributed by atoms with Gasteiger partial charge in [0.25, 0.3) is 0 Å². The average Bonchev–Trinajstić information content (AvgIpc) is 3.02. The molecule has 0 saturated carbocycles. The van der Waals surface area contributed by atoms with Crippen LogP contribution in [0.5, 0.6) is 0 Å². The minimum atomic E-state index is -3.94. The zero-order valence-corrected chi connectivity index (χ0v) is 17.3. The molecule has 3 rings (SSSR count). The third kappa shape index (κ3) is 5.30. The fourth-order valence-corrected chi connectivity index (χ4v) is 4.31. The van der Waals surface area contributed by atoms with Crippen LogP contribution in [-0.2, 0) is 27.8 Å². The molecule has 11 heteroatoms. The first kappa shape index (κ1) is 21.2. The number of carbonyl (C=O) groups is 1. The Hall–Kier alpha value is -2.53. The predicted octanol–water partition coefficient (Wildman–Crippen LogP) is 2.94. The SMILES string of the molecule is O=C(O)Cn1c([C@@H](Cc2ccccc2)NS(=O)(=O)c2ccc(Cl)cc2)n[nH]c1=S. The maximum atomic E-state index is 12.9. The van der Waals surface area contributed by atoms with Gasteiger partial charge in [-0.3, -0.25) is 14.5 Å². The Kier molecular flexibility index (Phi) is 6.48. The lowest BCUT2D eigenvalue weighted by molar-refractivity contribution is -0.137. The van der Waals surface area contributed by atoms with Gasteiger partial charge in [0.2, 0.25) is 10.0 Å². The maximum Gasteiger partial charge on any atom is 0.323 e. The largest absolute Gasteiger partial charge is 0.480 e. The number of nitrogens with zero attached hydrogens (tertiary/aromatic N) is 2. The highest BCUT2D eigenvalue weighted by atomic mass is 35.5. The van der Waals surface area contributed by atoms with Gasteiger partial charge < -0.3 is 5.11 Å². The standard InChI is InChI=1S/C18H17ClN4O4S2/c19-13-6-8-14(9-7-13)29(26,27)22-15(10-12-4-2-1-3-5-12)17-20-21-18(28)23(17)11-16(24)25/h1-9,15,22H,10-11H2,(H,21,28)(H,24,25)/t15-/m1/s1. The van der Waals surface area contributed by atoms with Crippen LogP contribution in [0, 0.1) is 4.77 Å². The number of aliphatic carboxylic acids is 1. The molecule has 0 spiro atoms. The first-order chi connectivity index (χ1) is 13.8. The zero-order chi connectivity index (χ0) is 21.0. The Balaban J connectivity index is 2.01. The number of halogens is 1. The lowest BCUT2D eigenvalue weighted by atomic mass is 10.1. The number of H-pyrrole nitrogens is 1. The monoisotopic (exact) mass is 452 g/mol. The van der Waals surface area contributed by atoms with Crippen LogP contribution < -0.4 is 4.72 Å². The quantitative estimate of drug-likeness (QED) is 0.452. The first-order valence-electron chi connectivity index (χ1n) is 8.45. The number of carboxylic acid groups (broad SMARTS) is 1. The third-order valence-corrected chi connectivity index (χ3v) is 6.15. The molecule has 1 atom stereocenters. The molecule has 3 N–H and O–H groups in total. The van der Waals surface area contributed by atoms with Gasteiger partial charge in [0.15, 0.2) is 10.6 Å². The summed E-state index contributed by atoms with van der Waals surface area (Å²) in [6.45, 7) is -0.446. The molecule has 1 heterocycles. The molecule has 0 unspecified atom stereocenters. The summed E-state index contributed by atoms with van der Waals surface area (Å²) < 4.78 is 29.8. The van der Waals surface area contributed by atoms with Gasteiger partial charge >= 0.3 is 5.97 Å². The molecule has 0 aliphatic heterocycles. The first-order valence-corrected chi connectivity index (χ1v) is 10.7. The van der Waals surface area contributed by atoms with Crippen molar-refractivity contribution in [3.63, 3.8) is 0 Å². The number of hydrogen-bond acceptors (Lipinski definition) is 5. The van der Waals surface area contributed by atoms with E-state index < -0.39 is 28.6 Å². The van der Waals surface area contributed by atoms with Crippen molar-refractivity contribution in [1.29, 1.82) is 0 Å². The summed E-state index contributed by atoms with van der Waals surface area (Å²) in [6.07, 6.45) is 0.243. The number of carboxylic acids is 1. The van der Waals surface area contributed by atoms with Crippen molar-refractivity contribution in [3.8, 4) is 0 Å². The third-order valence-electron chi connectivity index (χ3n) is 4.10. The van der Waals surface area contributed by atoms with Gasteiger partial charge in [0, 0.05) is 5.02 Å². The Morgan fingerprint density at radius 2 is 1.86 bits per heavy atom. The lowest BCUT2D eigenvalue weighted by Crippen LogP contribution is -2.32. The van der Waals surface area contributed by atoms with Gasteiger partial charge in [0.1, 0.15) is 6.54 Å². The summed E-state index contributed by atoms with van der Waals surface area (Å²) in [7, 11) is -3.94. The highest BCUT2D eigenvalue weighted by Gasteiger charge is 2.26. The van der Waals surface area contributed by atoms with Crippen LogP contribution in [0.1, 0.15) is 17.4 Å². The summed E-state index contributed by atoms with van der Waals surface area (Å²) in [5, 5.41) is 16.2. The smallest absolute Gasteiger partial charge is 0.323 e. The van der Waals surface area contributed by atoms with Crippen LogP contribution >= 0.6 is 23.8 Å². The number of nitrogens with one attached hydrogen (secondary N) is 2. The van der Waals surface area contributed by atoms with Crippen LogP contribution in [0.4, 0.5) is 0 Å². The van der Waals surface area contributed by atoms with Crippen molar-refractivity contribution in [2.45, 2.75) is 23.9 Å². The van der Waals surface area contributed by atoms with E-state index >= 15 is 0 Å². The predicted molar refractivity (Wildman–Crippen MR) is 110 cm³/mol. The van der Waals surface area contributed by atoms with E-state index in [0.29, 0.717) is 5.02 Å². The van der Waals surface area contributed by atoms with Crippen molar-refractivity contribution < 1.29 is 18.3 Å². The molecular weight excluding hydrogens is 436 g/mol. The molecule has 0 amide bonds. The summed E-state index contributed by atoms with van der Waals surface area (Å²) in [4.78, 5) is 11.3. The second-order valence-electron chi connectivity index (χ2n) is 6.18.